The molecule has 0 radical (unpaired) electrons. The molecule has 0 unspecified atom stereocenters. The van der Waals surface area contributed by atoms with Gasteiger partial charge in [-0.1, -0.05) is 30.3 Å². The number of hydrogen-bond donors (Lipinski definition) is 0. The normalized spacial score (nSPS) is 11.5. The Morgan fingerprint density at radius 3 is 2.36 bits per heavy atom. The van der Waals surface area contributed by atoms with E-state index in [0.29, 0.717) is 5.56 Å². The number of ether oxygens (including phenoxy) is 1. The summed E-state index contributed by atoms with van der Waals surface area (Å²) in [5.41, 5.74) is 0.244. The predicted molar refractivity (Wildman–Crippen MR) is 94.1 cm³/mol. The number of nitrogens with zero attached hydrogens (tertiary/aromatic N) is 2. The Morgan fingerprint density at radius 2 is 1.80 bits per heavy atom. The van der Waals surface area contributed by atoms with Crippen molar-refractivity contribution in [2.75, 3.05) is 14.1 Å². The Bertz CT molecular complexity index is 808. The first kappa shape index (κ1) is 18.6. The van der Waals surface area contributed by atoms with E-state index in [1.165, 1.54) is 17.0 Å². The zero-order chi connectivity index (χ0) is 18.6. The summed E-state index contributed by atoms with van der Waals surface area (Å²) in [6.45, 7) is 0. The Hall–Kier alpha value is -2.74. The average Bonchev–Trinajstić information content (AvgIpc) is 2.59. The maximum Gasteiger partial charge on any atom is 0.339 e. The van der Waals surface area contributed by atoms with E-state index < -0.39 is 22.9 Å². The summed E-state index contributed by atoms with van der Waals surface area (Å²) in [6, 6.07) is 12.5. The summed E-state index contributed by atoms with van der Waals surface area (Å²) in [6.07, 6.45) is -1.13. The van der Waals surface area contributed by atoms with Gasteiger partial charge in [-0.2, -0.15) is 0 Å². The molecule has 0 bridgehead atoms. The molecule has 0 spiro atoms. The highest BCUT2D eigenvalue weighted by Gasteiger charge is 2.27. The molecule has 0 heterocycles. The number of benzene rings is 2. The smallest absolute Gasteiger partial charge is 0.339 e. The van der Waals surface area contributed by atoms with E-state index in [1.54, 1.807) is 44.4 Å². The number of hydrogen-bond acceptors (Lipinski definition) is 5. The van der Waals surface area contributed by atoms with Gasteiger partial charge < -0.3 is 9.64 Å². The Labute approximate surface area is 152 Å². The molecular formula is C17H15BrN2O5. The van der Waals surface area contributed by atoms with Crippen molar-refractivity contribution in [3.63, 3.8) is 0 Å². The molecule has 1 atom stereocenters. The van der Waals surface area contributed by atoms with Gasteiger partial charge in [0.1, 0.15) is 0 Å². The van der Waals surface area contributed by atoms with Crippen LogP contribution in [0.5, 0.6) is 0 Å². The Morgan fingerprint density at radius 1 is 1.16 bits per heavy atom. The molecule has 0 fully saturated rings. The third kappa shape index (κ3) is 4.42. The van der Waals surface area contributed by atoms with E-state index in [2.05, 4.69) is 15.9 Å². The lowest BCUT2D eigenvalue weighted by Gasteiger charge is -2.21. The third-order valence-corrected chi connectivity index (χ3v) is 4.04. The molecule has 2 rings (SSSR count). The fourth-order valence-electron chi connectivity index (χ4n) is 2.08. The second kappa shape index (κ2) is 7.89. The maximum atomic E-state index is 12.4. The van der Waals surface area contributed by atoms with E-state index in [1.807, 2.05) is 0 Å². The van der Waals surface area contributed by atoms with E-state index in [-0.39, 0.29) is 15.7 Å². The molecule has 0 saturated carbocycles. The van der Waals surface area contributed by atoms with Crippen molar-refractivity contribution in [1.82, 2.24) is 4.90 Å². The van der Waals surface area contributed by atoms with Crippen LogP contribution in [0.4, 0.5) is 5.69 Å². The highest BCUT2D eigenvalue weighted by Crippen LogP contribution is 2.27. The van der Waals surface area contributed by atoms with Crippen molar-refractivity contribution in [3.05, 3.63) is 74.2 Å². The maximum absolute atomic E-state index is 12.4. The van der Waals surface area contributed by atoms with Gasteiger partial charge in [-0.05, 0) is 28.1 Å². The van der Waals surface area contributed by atoms with Gasteiger partial charge in [-0.15, -0.1) is 0 Å². The Balaban J connectivity index is 2.33. The molecule has 0 aliphatic heterocycles. The van der Waals surface area contributed by atoms with Crippen LogP contribution in [-0.2, 0) is 9.53 Å². The van der Waals surface area contributed by atoms with Gasteiger partial charge in [0.05, 0.1) is 15.0 Å². The first-order valence-electron chi connectivity index (χ1n) is 7.22. The van der Waals surface area contributed by atoms with Crippen molar-refractivity contribution < 1.29 is 19.2 Å². The number of carbonyl (C=O) groups is 2. The number of nitro benzene ring substituents is 1. The van der Waals surface area contributed by atoms with Crippen LogP contribution in [0.15, 0.2) is 53.0 Å². The van der Waals surface area contributed by atoms with Crippen LogP contribution in [0.3, 0.4) is 0 Å². The molecule has 25 heavy (non-hydrogen) atoms. The number of amides is 1. The van der Waals surface area contributed by atoms with Crippen molar-refractivity contribution in [3.8, 4) is 0 Å². The second-order valence-corrected chi connectivity index (χ2v) is 6.21. The van der Waals surface area contributed by atoms with E-state index in [4.69, 9.17) is 4.74 Å². The van der Waals surface area contributed by atoms with Crippen molar-refractivity contribution in [2.24, 2.45) is 0 Å². The van der Waals surface area contributed by atoms with Gasteiger partial charge in [0, 0.05) is 25.7 Å². The van der Waals surface area contributed by atoms with Crippen LogP contribution in [0.2, 0.25) is 0 Å². The molecule has 8 heteroatoms. The standard InChI is InChI=1S/C17H15BrN2O5/c1-19(2)16(21)15(11-6-4-3-5-7-11)25-17(22)12-8-9-13(18)14(10-12)20(23)24/h3-10,15H,1-2H3/t15-/m1/s1. The van der Waals surface area contributed by atoms with Crippen molar-refractivity contribution in [2.45, 2.75) is 6.10 Å². The van der Waals surface area contributed by atoms with Gasteiger partial charge in [0.2, 0.25) is 6.10 Å². The van der Waals surface area contributed by atoms with E-state index in [0.717, 1.165) is 6.07 Å². The molecule has 2 aromatic carbocycles. The SMILES string of the molecule is CN(C)C(=O)[C@H](OC(=O)c1ccc(Br)c([N+](=O)[O-])c1)c1ccccc1. The first-order valence-corrected chi connectivity index (χ1v) is 8.01. The van der Waals surface area contributed by atoms with Crippen molar-refractivity contribution in [1.29, 1.82) is 0 Å². The quantitative estimate of drug-likeness (QED) is 0.431. The fourth-order valence-corrected chi connectivity index (χ4v) is 2.47. The van der Waals surface area contributed by atoms with E-state index in [9.17, 15) is 19.7 Å². The lowest BCUT2D eigenvalue weighted by atomic mass is 10.1. The van der Waals surface area contributed by atoms with Gasteiger partial charge in [-0.3, -0.25) is 14.9 Å². The number of esters is 1. The molecule has 0 saturated heterocycles. The van der Waals surface area contributed by atoms with Crippen LogP contribution in [0, 0.1) is 10.1 Å². The summed E-state index contributed by atoms with van der Waals surface area (Å²) in [7, 11) is 3.10. The summed E-state index contributed by atoms with van der Waals surface area (Å²) < 4.78 is 5.60. The zero-order valence-electron chi connectivity index (χ0n) is 13.5. The minimum atomic E-state index is -1.13. The number of carbonyl (C=O) groups excluding carboxylic acids is 2. The molecule has 0 aliphatic rings. The van der Waals surface area contributed by atoms with Gasteiger partial charge >= 0.3 is 5.97 Å². The van der Waals surface area contributed by atoms with Crippen LogP contribution in [-0.4, -0.2) is 35.8 Å². The highest BCUT2D eigenvalue weighted by atomic mass is 79.9. The van der Waals surface area contributed by atoms with Crippen LogP contribution in [0.1, 0.15) is 22.0 Å². The highest BCUT2D eigenvalue weighted by molar-refractivity contribution is 9.10. The topological polar surface area (TPSA) is 89.8 Å². The molecular weight excluding hydrogens is 392 g/mol. The van der Waals surface area contributed by atoms with Crippen molar-refractivity contribution >= 4 is 33.5 Å². The molecule has 7 nitrogen and oxygen atoms in total. The summed E-state index contributed by atoms with van der Waals surface area (Å²) in [5.74, 6) is -1.23. The second-order valence-electron chi connectivity index (χ2n) is 5.35. The predicted octanol–water partition coefficient (Wildman–Crippen LogP) is 3.34. The van der Waals surface area contributed by atoms with Crippen LogP contribution in [0.25, 0.3) is 0 Å². The lowest BCUT2D eigenvalue weighted by molar-refractivity contribution is -0.385. The summed E-state index contributed by atoms with van der Waals surface area (Å²) >= 11 is 3.06. The third-order valence-electron chi connectivity index (χ3n) is 3.37. The number of nitro groups is 1. The number of rotatable bonds is 5. The van der Waals surface area contributed by atoms with Gasteiger partial charge in [-0.25, -0.2) is 4.79 Å². The number of likely N-dealkylation sites (N-methyl/N-ethyl adjacent to an activating group) is 1. The molecule has 0 aromatic heterocycles. The van der Waals surface area contributed by atoms with Crippen LogP contribution < -0.4 is 0 Å². The first-order chi connectivity index (χ1) is 11.8. The summed E-state index contributed by atoms with van der Waals surface area (Å²) in [5, 5.41) is 11.0. The molecule has 1 amide bonds. The molecule has 2 aromatic rings. The van der Waals surface area contributed by atoms with Gasteiger partial charge in [0.25, 0.3) is 11.6 Å². The molecule has 130 valence electrons. The van der Waals surface area contributed by atoms with E-state index >= 15 is 0 Å². The molecule has 0 aliphatic carbocycles. The molecule has 0 N–H and O–H groups in total. The summed E-state index contributed by atoms with van der Waals surface area (Å²) in [4.78, 5) is 36.5. The zero-order valence-corrected chi connectivity index (χ0v) is 15.1. The lowest BCUT2D eigenvalue weighted by Crippen LogP contribution is -2.31. The monoisotopic (exact) mass is 406 g/mol. The number of halogens is 1. The minimum Gasteiger partial charge on any atom is -0.444 e. The minimum absolute atomic E-state index is 0.0117. The average molecular weight is 407 g/mol. The van der Waals surface area contributed by atoms with Crippen LogP contribution >= 0.6 is 15.9 Å². The fraction of sp³-hybridized carbons (Fsp3) is 0.176. The van der Waals surface area contributed by atoms with Gasteiger partial charge in [0.15, 0.2) is 0 Å². The Kier molecular flexibility index (Phi) is 5.87. The largest absolute Gasteiger partial charge is 0.444 e.